The molecule has 4 rings (SSSR count). The van der Waals surface area contributed by atoms with Gasteiger partial charge in [0.1, 0.15) is 0 Å². The van der Waals surface area contributed by atoms with Crippen molar-refractivity contribution in [2.75, 3.05) is 24.7 Å². The van der Waals surface area contributed by atoms with Crippen LogP contribution < -0.4 is 0 Å². The molecule has 4 aromatic rings. The molecule has 50 heavy (non-hydrogen) atoms. The number of carboxylic acid groups (broad SMARTS) is 2. The van der Waals surface area contributed by atoms with Gasteiger partial charge in [0.15, 0.2) is 12.2 Å². The van der Waals surface area contributed by atoms with E-state index in [9.17, 15) is 19.8 Å². The predicted octanol–water partition coefficient (Wildman–Crippen LogP) is 9.81. The minimum atomic E-state index is -0.933. The first-order valence-electron chi connectivity index (χ1n) is 16.8. The highest BCUT2D eigenvalue weighted by atomic mass is 32.2. The molecular formula is C42H46O6S2. The van der Waals surface area contributed by atoms with E-state index in [-0.39, 0.29) is 0 Å². The fourth-order valence-electron chi connectivity index (χ4n) is 5.32. The Morgan fingerprint density at radius 3 is 1.22 bits per heavy atom. The van der Waals surface area contributed by atoms with Gasteiger partial charge in [-0.2, -0.15) is 0 Å². The third-order valence-electron chi connectivity index (χ3n) is 8.27. The first-order valence-corrected chi connectivity index (χ1v) is 18.8. The highest BCUT2D eigenvalue weighted by Gasteiger charge is 2.18. The van der Waals surface area contributed by atoms with Gasteiger partial charge in [0, 0.05) is 47.4 Å². The molecule has 0 heterocycles. The number of carboxylic acids is 2. The summed E-state index contributed by atoms with van der Waals surface area (Å²) in [5.74, 6) is -0.186. The second-order valence-corrected chi connectivity index (χ2v) is 14.0. The van der Waals surface area contributed by atoms with Gasteiger partial charge < -0.3 is 19.7 Å². The molecule has 8 heteroatoms. The lowest BCUT2D eigenvalue weighted by Gasteiger charge is -2.12. The van der Waals surface area contributed by atoms with Crippen LogP contribution in [0.15, 0.2) is 119 Å². The summed E-state index contributed by atoms with van der Waals surface area (Å²) in [6, 6.07) is 33.4. The summed E-state index contributed by atoms with van der Waals surface area (Å²) in [5, 5.41) is 18.6. The van der Waals surface area contributed by atoms with Crippen molar-refractivity contribution in [2.45, 2.75) is 62.5 Å². The van der Waals surface area contributed by atoms with Crippen LogP contribution >= 0.6 is 23.5 Å². The van der Waals surface area contributed by atoms with E-state index < -0.39 is 24.1 Å². The van der Waals surface area contributed by atoms with Crippen molar-refractivity contribution in [3.05, 3.63) is 131 Å². The number of allylic oxidation sites excluding steroid dienone is 2. The number of hydrogen-bond donors (Lipinski definition) is 2. The Labute approximate surface area is 304 Å². The molecule has 0 spiro atoms. The van der Waals surface area contributed by atoms with E-state index in [0.717, 1.165) is 32.4 Å². The zero-order valence-corrected chi connectivity index (χ0v) is 30.8. The van der Waals surface area contributed by atoms with E-state index in [2.05, 4.69) is 74.5 Å². The number of hydrogen-bond acceptors (Lipinski definition) is 6. The molecule has 0 fully saturated rings. The molecule has 0 aliphatic heterocycles. The average molecular weight is 711 g/mol. The Balaban J connectivity index is 1.25. The van der Waals surface area contributed by atoms with Gasteiger partial charge >= 0.3 is 11.9 Å². The van der Waals surface area contributed by atoms with Crippen LogP contribution in [-0.4, -0.2) is 59.1 Å². The molecule has 0 aliphatic rings. The molecule has 0 saturated carbocycles. The normalized spacial score (nSPS) is 13.2. The number of benzene rings is 4. The van der Waals surface area contributed by atoms with E-state index in [4.69, 9.17) is 9.47 Å². The van der Waals surface area contributed by atoms with Crippen molar-refractivity contribution >= 4 is 46.6 Å². The van der Waals surface area contributed by atoms with Crippen LogP contribution in [0.2, 0.25) is 0 Å². The topological polar surface area (TPSA) is 93.1 Å². The van der Waals surface area contributed by atoms with E-state index in [1.807, 2.05) is 48.5 Å². The summed E-state index contributed by atoms with van der Waals surface area (Å²) in [7, 11) is 0. The van der Waals surface area contributed by atoms with E-state index in [1.165, 1.54) is 33.4 Å². The van der Waals surface area contributed by atoms with Gasteiger partial charge in [0.25, 0.3) is 0 Å². The van der Waals surface area contributed by atoms with Crippen molar-refractivity contribution in [3.63, 3.8) is 0 Å². The molecule has 2 N–H and O–H groups in total. The second kappa shape index (κ2) is 19.9. The smallest absolute Gasteiger partial charge is 0.333 e. The lowest BCUT2D eigenvalue weighted by atomic mass is 9.99. The number of rotatable bonds is 19. The van der Waals surface area contributed by atoms with Crippen molar-refractivity contribution in [2.24, 2.45) is 0 Å². The van der Waals surface area contributed by atoms with Crippen LogP contribution in [0.4, 0.5) is 0 Å². The van der Waals surface area contributed by atoms with Gasteiger partial charge in [-0.1, -0.05) is 84.9 Å². The first-order chi connectivity index (χ1) is 24.2. The highest BCUT2D eigenvalue weighted by molar-refractivity contribution is 7.99. The van der Waals surface area contributed by atoms with Crippen LogP contribution in [0.25, 0.3) is 22.3 Å². The van der Waals surface area contributed by atoms with Crippen LogP contribution in [0.5, 0.6) is 0 Å². The number of thioether (sulfide) groups is 2. The third kappa shape index (κ3) is 12.1. The van der Waals surface area contributed by atoms with Gasteiger partial charge in [-0.15, -0.1) is 23.5 Å². The fraction of sp³-hybridized carbons (Fsp3) is 0.286. The molecule has 2 unspecified atom stereocenters. The van der Waals surface area contributed by atoms with E-state index >= 15 is 0 Å². The van der Waals surface area contributed by atoms with Crippen molar-refractivity contribution < 1.29 is 29.3 Å². The Bertz CT molecular complexity index is 1600. The summed E-state index contributed by atoms with van der Waals surface area (Å²) in [6.45, 7) is 8.63. The van der Waals surface area contributed by atoms with E-state index in [0.29, 0.717) is 26.1 Å². The zero-order chi connectivity index (χ0) is 35.9. The van der Waals surface area contributed by atoms with Gasteiger partial charge in [-0.3, -0.25) is 0 Å². The summed E-state index contributed by atoms with van der Waals surface area (Å²) in [5.41, 5.74) is 9.08. The summed E-state index contributed by atoms with van der Waals surface area (Å²) in [6.07, 6.45) is 3.56. The van der Waals surface area contributed by atoms with Crippen molar-refractivity contribution in [3.8, 4) is 11.1 Å². The van der Waals surface area contributed by atoms with Crippen LogP contribution in [-0.2, 0) is 31.9 Å². The van der Waals surface area contributed by atoms with Crippen LogP contribution in [0.3, 0.4) is 0 Å². The highest BCUT2D eigenvalue weighted by Crippen LogP contribution is 2.27. The Hall–Kier alpha value is -4.08. The van der Waals surface area contributed by atoms with Crippen molar-refractivity contribution in [1.29, 1.82) is 0 Å². The average Bonchev–Trinajstić information content (AvgIpc) is 3.12. The number of carbonyl (C=O) groups is 2. The lowest BCUT2D eigenvalue weighted by Crippen LogP contribution is -2.26. The Morgan fingerprint density at radius 2 is 0.920 bits per heavy atom. The molecule has 4 aromatic carbocycles. The molecule has 0 aromatic heterocycles. The van der Waals surface area contributed by atoms with Gasteiger partial charge in [-0.05, 0) is 96.5 Å². The summed E-state index contributed by atoms with van der Waals surface area (Å²) in [4.78, 5) is 25.0. The number of ether oxygens (including phenoxy) is 2. The maximum atomic E-state index is 11.4. The molecule has 0 radical (unpaired) electrons. The summed E-state index contributed by atoms with van der Waals surface area (Å²) < 4.78 is 10.7. The lowest BCUT2D eigenvalue weighted by molar-refractivity contribution is -0.150. The minimum absolute atomic E-state index is 0.359. The fourth-order valence-corrected chi connectivity index (χ4v) is 7.03. The molecule has 2 atom stereocenters. The van der Waals surface area contributed by atoms with Gasteiger partial charge in [-0.25, -0.2) is 9.59 Å². The van der Waals surface area contributed by atoms with Gasteiger partial charge in [0.2, 0.25) is 0 Å². The molecule has 0 amide bonds. The molecule has 262 valence electrons. The van der Waals surface area contributed by atoms with Crippen molar-refractivity contribution in [1.82, 2.24) is 0 Å². The molecule has 6 nitrogen and oxygen atoms in total. The Kier molecular flexibility index (Phi) is 15.4. The quantitative estimate of drug-likeness (QED) is 0.0930. The summed E-state index contributed by atoms with van der Waals surface area (Å²) >= 11 is 3.50. The molecule has 0 saturated heterocycles. The monoisotopic (exact) mass is 710 g/mol. The molecular weight excluding hydrogens is 665 g/mol. The predicted molar refractivity (Wildman–Crippen MR) is 207 cm³/mol. The largest absolute Gasteiger partial charge is 0.479 e. The zero-order valence-electron chi connectivity index (χ0n) is 29.1. The Morgan fingerprint density at radius 1 is 0.580 bits per heavy atom. The van der Waals surface area contributed by atoms with Crippen LogP contribution in [0.1, 0.15) is 49.9 Å². The number of aliphatic carboxylic acids is 2. The van der Waals surface area contributed by atoms with Crippen LogP contribution in [0, 0.1) is 0 Å². The minimum Gasteiger partial charge on any atom is -0.479 e. The SMILES string of the molecule is CCOC(Cc1ccc(SCC=C(C)c2ccc(-c3ccc(C(C)=CCSc4ccc(CC(OCC)C(=O)O)cc4)cc3)cc2)cc1)C(=O)O. The first kappa shape index (κ1) is 38.7. The third-order valence-corrected chi connectivity index (χ3v) is 10.1. The second-order valence-electron chi connectivity index (χ2n) is 11.8. The van der Waals surface area contributed by atoms with Gasteiger partial charge in [0.05, 0.1) is 0 Å². The molecule has 0 aliphatic carbocycles. The maximum absolute atomic E-state index is 11.4. The molecule has 0 bridgehead atoms. The standard InChI is InChI=1S/C42H46O6S2/c1-5-47-39(41(43)44)27-31-7-19-37(20-8-31)49-25-23-29(3)33-11-15-35(16-12-33)36-17-13-34(14-18-36)30(4)24-26-50-38-21-9-32(10-22-38)28-40(42(45)46)48-6-2/h7-24,39-40H,5-6,25-28H2,1-4H3,(H,43,44)(H,45,46). The van der Waals surface area contributed by atoms with E-state index in [1.54, 1.807) is 37.4 Å². The maximum Gasteiger partial charge on any atom is 0.333 e.